The highest BCUT2D eigenvalue weighted by molar-refractivity contribution is 9.10. The first-order chi connectivity index (χ1) is 20.4. The lowest BCUT2D eigenvalue weighted by Gasteiger charge is -2.34. The van der Waals surface area contributed by atoms with Crippen molar-refractivity contribution in [2.75, 3.05) is 20.1 Å². The van der Waals surface area contributed by atoms with Crippen LogP contribution in [0.25, 0.3) is 16.6 Å². The molecule has 3 aromatic rings. The molecule has 3 heterocycles. The number of rotatable bonds is 2. The van der Waals surface area contributed by atoms with Crippen molar-refractivity contribution in [3.8, 4) is 5.69 Å². The summed E-state index contributed by atoms with van der Waals surface area (Å²) in [6.45, 7) is 6.34. The van der Waals surface area contributed by atoms with Crippen LogP contribution in [-0.2, 0) is 10.2 Å². The van der Waals surface area contributed by atoms with E-state index in [1.54, 1.807) is 0 Å². The summed E-state index contributed by atoms with van der Waals surface area (Å²) in [5.41, 5.74) is 4.84. The second-order valence-electron chi connectivity index (χ2n) is 12.4. The number of hydrogen-bond donors (Lipinski definition) is 1. The Morgan fingerprint density at radius 3 is 2.26 bits per heavy atom. The Morgan fingerprint density at radius 2 is 1.62 bits per heavy atom. The predicted octanol–water partition coefficient (Wildman–Crippen LogP) is 8.20. The van der Waals surface area contributed by atoms with E-state index in [1.807, 2.05) is 26.0 Å². The number of carbonyl (C=O) groups is 1. The zero-order chi connectivity index (χ0) is 29.9. The lowest BCUT2D eigenvalue weighted by atomic mass is 9.69. The molecule has 7 heteroatoms. The molecule has 2 saturated carbocycles. The van der Waals surface area contributed by atoms with Gasteiger partial charge in [-0.25, -0.2) is 0 Å². The van der Waals surface area contributed by atoms with Gasteiger partial charge in [0.05, 0.1) is 27.9 Å². The first kappa shape index (κ1) is 30.9. The molecule has 2 aliphatic carbocycles. The molecular formula is C35H46BrN3O3. The van der Waals surface area contributed by atoms with Gasteiger partial charge in [-0.3, -0.25) is 14.2 Å². The normalized spacial score (nSPS) is 20.2. The van der Waals surface area contributed by atoms with Crippen molar-refractivity contribution in [2.24, 2.45) is 5.92 Å². The van der Waals surface area contributed by atoms with Crippen LogP contribution in [0.1, 0.15) is 114 Å². The molecule has 2 aromatic carbocycles. The van der Waals surface area contributed by atoms with Crippen molar-refractivity contribution in [3.63, 3.8) is 0 Å². The Hall–Kier alpha value is -2.51. The predicted molar refractivity (Wildman–Crippen MR) is 174 cm³/mol. The van der Waals surface area contributed by atoms with Crippen LogP contribution in [0, 0.1) is 5.92 Å². The average Bonchev–Trinajstić information content (AvgIpc) is 3.27. The van der Waals surface area contributed by atoms with Gasteiger partial charge in [0.1, 0.15) is 5.82 Å². The number of aliphatic carboxylic acids is 1. The molecule has 2 aliphatic heterocycles. The maximum Gasteiger partial charge on any atom is 0.306 e. The molecule has 1 spiro atoms. The van der Waals surface area contributed by atoms with Crippen molar-refractivity contribution in [1.29, 1.82) is 0 Å². The van der Waals surface area contributed by atoms with Crippen molar-refractivity contribution < 1.29 is 9.90 Å². The van der Waals surface area contributed by atoms with Gasteiger partial charge in [-0.15, -0.1) is 0 Å². The monoisotopic (exact) mass is 635 g/mol. The Balaban J connectivity index is 0.000000274. The lowest BCUT2D eigenvalue weighted by molar-refractivity contribution is -0.142. The minimum atomic E-state index is -0.602. The summed E-state index contributed by atoms with van der Waals surface area (Å²) in [4.78, 5) is 30.7. The summed E-state index contributed by atoms with van der Waals surface area (Å²) in [6, 6.07) is 13.2. The third-order valence-electron chi connectivity index (χ3n) is 9.92. The van der Waals surface area contributed by atoms with Gasteiger partial charge in [0.15, 0.2) is 0 Å². The fraction of sp³-hybridized carbons (Fsp3) is 0.571. The maximum atomic E-state index is 13.1. The van der Waals surface area contributed by atoms with E-state index in [1.165, 1.54) is 68.4 Å². The highest BCUT2D eigenvalue weighted by Crippen LogP contribution is 2.52. The van der Waals surface area contributed by atoms with Gasteiger partial charge < -0.3 is 10.0 Å². The van der Waals surface area contributed by atoms with E-state index < -0.39 is 5.97 Å². The largest absolute Gasteiger partial charge is 0.481 e. The van der Waals surface area contributed by atoms with Gasteiger partial charge in [-0.1, -0.05) is 70.6 Å². The molecule has 6 nitrogen and oxygen atoms in total. The minimum absolute atomic E-state index is 0.0289. The second kappa shape index (κ2) is 13.4. The van der Waals surface area contributed by atoms with Crippen molar-refractivity contribution in [3.05, 3.63) is 68.2 Å². The smallest absolute Gasteiger partial charge is 0.306 e. The molecule has 7 rings (SSSR count). The van der Waals surface area contributed by atoms with Gasteiger partial charge in [-0.2, -0.15) is 4.98 Å². The SMILES string of the molecule is CC.CN1CCC(c2ccc3c(c2)C2(CCCCC2)c2nc(=O)c4c(Br)cccc4n2-3)CC1.O=C(O)C1CCCCC1. The number of piperidine rings is 1. The number of nitrogens with zero attached hydrogens (tertiary/aromatic N) is 3. The van der Waals surface area contributed by atoms with Crippen LogP contribution < -0.4 is 5.56 Å². The molecule has 1 aromatic heterocycles. The Morgan fingerprint density at radius 1 is 0.952 bits per heavy atom. The quantitative estimate of drug-likeness (QED) is 0.307. The number of hydrogen-bond acceptors (Lipinski definition) is 4. The average molecular weight is 637 g/mol. The summed E-state index contributed by atoms with van der Waals surface area (Å²) in [5, 5.41) is 9.22. The van der Waals surface area contributed by atoms with Gasteiger partial charge in [0.25, 0.3) is 5.56 Å². The Labute approximate surface area is 258 Å². The third-order valence-corrected chi connectivity index (χ3v) is 10.6. The van der Waals surface area contributed by atoms with E-state index in [0.717, 1.165) is 54.3 Å². The van der Waals surface area contributed by atoms with E-state index in [9.17, 15) is 9.59 Å². The van der Waals surface area contributed by atoms with Crippen LogP contribution in [0.3, 0.4) is 0 Å². The number of aromatic nitrogens is 2. The molecule has 0 unspecified atom stereocenters. The Bertz CT molecular complexity index is 1460. The van der Waals surface area contributed by atoms with Crippen LogP contribution in [0.5, 0.6) is 0 Å². The second-order valence-corrected chi connectivity index (χ2v) is 13.2. The van der Waals surface area contributed by atoms with Crippen LogP contribution in [0.15, 0.2) is 45.7 Å². The van der Waals surface area contributed by atoms with Crippen molar-refractivity contribution in [2.45, 2.75) is 102 Å². The number of likely N-dealkylation sites (tertiary alicyclic amines) is 1. The van der Waals surface area contributed by atoms with Crippen LogP contribution in [-0.4, -0.2) is 45.7 Å². The molecule has 0 amide bonds. The van der Waals surface area contributed by atoms with E-state index in [2.05, 4.69) is 56.7 Å². The summed E-state index contributed by atoms with van der Waals surface area (Å²) in [7, 11) is 2.22. The van der Waals surface area contributed by atoms with E-state index in [0.29, 0.717) is 11.3 Å². The third kappa shape index (κ3) is 5.84. The fourth-order valence-corrected chi connectivity index (χ4v) is 8.16. The first-order valence-corrected chi connectivity index (χ1v) is 17.0. The summed E-state index contributed by atoms with van der Waals surface area (Å²) >= 11 is 3.59. The highest BCUT2D eigenvalue weighted by atomic mass is 79.9. The molecule has 4 aliphatic rings. The van der Waals surface area contributed by atoms with Crippen LogP contribution in [0.2, 0.25) is 0 Å². The van der Waals surface area contributed by atoms with E-state index >= 15 is 0 Å². The lowest BCUT2D eigenvalue weighted by Crippen LogP contribution is -2.32. The zero-order valence-electron chi connectivity index (χ0n) is 25.5. The standard InChI is InChI=1S/C26H28BrN3O.C7H12O2.C2H6/c1-29-14-10-17(11-15-29)18-8-9-21-19(16-18)26(12-3-2-4-13-26)25-28-24(31)23-20(27)6-5-7-22(23)30(21)25;8-7(9)6-4-2-1-3-5-6;1-2/h5-9,16-17H,2-4,10-15H2,1H3;6H,1-5H2,(H,8,9);1-2H3. The fourth-order valence-electron chi connectivity index (χ4n) is 7.64. The van der Waals surface area contributed by atoms with Gasteiger partial charge in [0.2, 0.25) is 0 Å². The molecule has 0 radical (unpaired) electrons. The molecule has 0 bridgehead atoms. The number of carboxylic acids is 1. The van der Waals surface area contributed by atoms with Crippen molar-refractivity contribution in [1.82, 2.24) is 14.5 Å². The number of carboxylic acid groups (broad SMARTS) is 1. The molecule has 0 atom stereocenters. The topological polar surface area (TPSA) is 75.4 Å². The zero-order valence-corrected chi connectivity index (χ0v) is 27.1. The molecule has 226 valence electrons. The molecule has 3 fully saturated rings. The number of fused-ring (bicyclic) bond motifs is 7. The van der Waals surface area contributed by atoms with Crippen LogP contribution in [0.4, 0.5) is 0 Å². The first-order valence-electron chi connectivity index (χ1n) is 16.2. The molecule has 1 saturated heterocycles. The van der Waals surface area contributed by atoms with Crippen molar-refractivity contribution >= 4 is 32.8 Å². The molecule has 42 heavy (non-hydrogen) atoms. The number of benzene rings is 2. The van der Waals surface area contributed by atoms with E-state index in [-0.39, 0.29) is 16.9 Å². The van der Waals surface area contributed by atoms with Gasteiger partial charge in [0, 0.05) is 4.47 Å². The summed E-state index contributed by atoms with van der Waals surface area (Å²) in [5.74, 6) is 0.969. The van der Waals surface area contributed by atoms with Gasteiger partial charge >= 0.3 is 5.97 Å². The molecular weight excluding hydrogens is 590 g/mol. The number of halogens is 1. The highest BCUT2D eigenvalue weighted by Gasteiger charge is 2.46. The van der Waals surface area contributed by atoms with E-state index in [4.69, 9.17) is 10.1 Å². The minimum Gasteiger partial charge on any atom is -0.481 e. The maximum absolute atomic E-state index is 13.1. The summed E-state index contributed by atoms with van der Waals surface area (Å²) < 4.78 is 3.12. The van der Waals surface area contributed by atoms with Gasteiger partial charge in [-0.05, 0) is 110 Å². The Kier molecular flexibility index (Phi) is 9.88. The van der Waals surface area contributed by atoms with Crippen LogP contribution >= 0.6 is 15.9 Å². The summed E-state index contributed by atoms with van der Waals surface area (Å²) in [6.07, 6.45) is 13.5. The molecule has 1 N–H and O–H groups in total.